The van der Waals surface area contributed by atoms with Gasteiger partial charge in [0.15, 0.2) is 0 Å². The van der Waals surface area contributed by atoms with Gasteiger partial charge in [0.05, 0.1) is 7.11 Å². The minimum Gasteiger partial charge on any atom is -0.468 e. The summed E-state index contributed by atoms with van der Waals surface area (Å²) in [6, 6.07) is 9.75. The van der Waals surface area contributed by atoms with Gasteiger partial charge >= 0.3 is 5.97 Å². The second-order valence-corrected chi connectivity index (χ2v) is 5.17. The van der Waals surface area contributed by atoms with Crippen LogP contribution in [0, 0.1) is 0 Å². The summed E-state index contributed by atoms with van der Waals surface area (Å²) in [7, 11) is 1.33. The molecule has 2 rings (SSSR count). The van der Waals surface area contributed by atoms with Crippen molar-refractivity contribution in [3.8, 4) is 0 Å². The van der Waals surface area contributed by atoms with Crippen LogP contribution >= 0.6 is 11.8 Å². The van der Waals surface area contributed by atoms with Crippen LogP contribution in [0.2, 0.25) is 0 Å². The lowest BCUT2D eigenvalue weighted by molar-refractivity contribution is -0.147. The van der Waals surface area contributed by atoms with Crippen LogP contribution < -0.4 is 0 Å². The Morgan fingerprint density at radius 1 is 1.44 bits per heavy atom. The van der Waals surface area contributed by atoms with E-state index in [9.17, 15) is 9.59 Å². The zero-order valence-electron chi connectivity index (χ0n) is 10.2. The first-order valence-electron chi connectivity index (χ1n) is 5.75. The molecule has 1 aromatic carbocycles. The van der Waals surface area contributed by atoms with Crippen LogP contribution in [0.3, 0.4) is 0 Å². The summed E-state index contributed by atoms with van der Waals surface area (Å²) < 4.78 is 4.64. The lowest BCUT2D eigenvalue weighted by Gasteiger charge is -2.34. The molecule has 1 fully saturated rings. The van der Waals surface area contributed by atoms with Gasteiger partial charge in [-0.05, 0) is 5.56 Å². The largest absolute Gasteiger partial charge is 0.468 e. The van der Waals surface area contributed by atoms with E-state index in [4.69, 9.17) is 0 Å². The van der Waals surface area contributed by atoms with Crippen molar-refractivity contribution in [1.82, 2.24) is 4.90 Å². The predicted molar refractivity (Wildman–Crippen MR) is 70.0 cm³/mol. The van der Waals surface area contributed by atoms with Crippen LogP contribution in [0.1, 0.15) is 17.4 Å². The molecule has 1 aliphatic rings. The molecule has 1 unspecified atom stereocenters. The average Bonchev–Trinajstić information content (AvgIpc) is 2.42. The molecule has 1 heterocycles. The Balaban J connectivity index is 2.20. The highest BCUT2D eigenvalue weighted by Gasteiger charge is 2.31. The third-order valence-electron chi connectivity index (χ3n) is 2.81. The summed E-state index contributed by atoms with van der Waals surface area (Å²) >= 11 is 1.68. The Bertz CT molecular complexity index is 435. The number of esters is 1. The minimum atomic E-state index is -0.383. The van der Waals surface area contributed by atoms with Gasteiger partial charge in [-0.2, -0.15) is 0 Å². The van der Waals surface area contributed by atoms with Gasteiger partial charge in [-0.15, -0.1) is 11.8 Å². The smallest absolute Gasteiger partial charge is 0.325 e. The zero-order chi connectivity index (χ0) is 13.0. The van der Waals surface area contributed by atoms with Gasteiger partial charge in [0.25, 0.3) is 0 Å². The summed E-state index contributed by atoms with van der Waals surface area (Å²) in [6.07, 6.45) is 0.477. The minimum absolute atomic E-state index is 0.00741. The van der Waals surface area contributed by atoms with E-state index < -0.39 is 0 Å². The Kier molecular flexibility index (Phi) is 4.25. The second-order valence-electron chi connectivity index (χ2n) is 3.98. The molecule has 0 bridgehead atoms. The first-order chi connectivity index (χ1) is 8.72. The summed E-state index contributed by atoms with van der Waals surface area (Å²) in [4.78, 5) is 24.9. The molecule has 1 amide bonds. The predicted octanol–water partition coefficient (Wildman–Crippen LogP) is 1.82. The lowest BCUT2D eigenvalue weighted by atomic mass is 10.2. The normalized spacial score (nSPS) is 19.7. The van der Waals surface area contributed by atoms with Crippen molar-refractivity contribution in [3.05, 3.63) is 35.9 Å². The van der Waals surface area contributed by atoms with Crippen LogP contribution in [0.25, 0.3) is 0 Å². The maximum absolute atomic E-state index is 11.9. The Morgan fingerprint density at radius 2 is 2.17 bits per heavy atom. The third kappa shape index (κ3) is 2.85. The number of hydrogen-bond acceptors (Lipinski definition) is 4. The molecule has 1 atom stereocenters. The molecule has 5 heteroatoms. The van der Waals surface area contributed by atoms with E-state index in [0.717, 1.165) is 11.3 Å². The van der Waals surface area contributed by atoms with E-state index in [2.05, 4.69) is 4.74 Å². The van der Waals surface area contributed by atoms with Gasteiger partial charge in [0.1, 0.15) is 11.9 Å². The van der Waals surface area contributed by atoms with E-state index in [1.807, 2.05) is 30.3 Å². The van der Waals surface area contributed by atoms with Crippen LogP contribution in [-0.2, 0) is 14.3 Å². The number of carbonyl (C=O) groups excluding carboxylic acids is 2. The van der Waals surface area contributed by atoms with Crippen molar-refractivity contribution in [2.45, 2.75) is 11.8 Å². The Hall–Kier alpha value is -1.49. The molecule has 0 radical (unpaired) electrons. The highest BCUT2D eigenvalue weighted by atomic mass is 32.2. The fourth-order valence-electron chi connectivity index (χ4n) is 1.89. The Labute approximate surface area is 110 Å². The monoisotopic (exact) mass is 265 g/mol. The quantitative estimate of drug-likeness (QED) is 0.782. The highest BCUT2D eigenvalue weighted by Crippen LogP contribution is 2.36. The van der Waals surface area contributed by atoms with Gasteiger partial charge in [0, 0.05) is 12.2 Å². The van der Waals surface area contributed by atoms with Gasteiger partial charge in [0.2, 0.25) is 5.91 Å². The zero-order valence-corrected chi connectivity index (χ0v) is 11.0. The number of rotatable bonds is 3. The molecule has 18 heavy (non-hydrogen) atoms. The van der Waals surface area contributed by atoms with Crippen molar-refractivity contribution >= 4 is 23.6 Å². The first kappa shape index (κ1) is 13.0. The van der Waals surface area contributed by atoms with Crippen LogP contribution in [-0.4, -0.2) is 36.2 Å². The highest BCUT2D eigenvalue weighted by molar-refractivity contribution is 7.99. The van der Waals surface area contributed by atoms with Crippen molar-refractivity contribution in [2.75, 3.05) is 19.4 Å². The topological polar surface area (TPSA) is 46.6 Å². The van der Waals surface area contributed by atoms with Crippen molar-refractivity contribution < 1.29 is 14.3 Å². The number of nitrogens with zero attached hydrogens (tertiary/aromatic N) is 1. The standard InChI is InChI=1S/C13H15NO3S/c1-17-12(16)9-14-11(15)7-8-18-13(14)10-5-3-2-4-6-10/h2-6,13H,7-9H2,1H3. The second kappa shape index (κ2) is 5.91. The first-order valence-corrected chi connectivity index (χ1v) is 6.80. The number of amides is 1. The summed E-state index contributed by atoms with van der Waals surface area (Å²) in [5, 5.41) is -0.0912. The Morgan fingerprint density at radius 3 is 2.83 bits per heavy atom. The summed E-state index contributed by atoms with van der Waals surface area (Å²) in [6.45, 7) is 0.0158. The fourth-order valence-corrected chi connectivity index (χ4v) is 3.13. The van der Waals surface area contributed by atoms with Crippen molar-refractivity contribution in [2.24, 2.45) is 0 Å². The molecular weight excluding hydrogens is 250 g/mol. The summed E-state index contributed by atoms with van der Waals surface area (Å²) in [5.74, 6) is 0.413. The number of carbonyl (C=O) groups is 2. The molecule has 0 N–H and O–H groups in total. The molecule has 0 saturated carbocycles. The lowest BCUT2D eigenvalue weighted by Crippen LogP contribution is -2.41. The summed E-state index contributed by atoms with van der Waals surface area (Å²) in [5.41, 5.74) is 1.04. The van der Waals surface area contributed by atoms with E-state index >= 15 is 0 Å². The molecule has 4 nitrogen and oxygen atoms in total. The molecular formula is C13H15NO3S. The van der Waals surface area contributed by atoms with Crippen molar-refractivity contribution in [3.63, 3.8) is 0 Å². The van der Waals surface area contributed by atoms with Gasteiger partial charge < -0.3 is 9.64 Å². The molecule has 1 saturated heterocycles. The third-order valence-corrected chi connectivity index (χ3v) is 4.09. The van der Waals surface area contributed by atoms with Gasteiger partial charge in [-0.1, -0.05) is 30.3 Å². The van der Waals surface area contributed by atoms with Crippen molar-refractivity contribution in [1.29, 1.82) is 0 Å². The van der Waals surface area contributed by atoms with E-state index in [0.29, 0.717) is 6.42 Å². The molecule has 1 aliphatic heterocycles. The number of thioether (sulfide) groups is 1. The molecule has 0 spiro atoms. The number of methoxy groups -OCH3 is 1. The molecule has 0 aliphatic carbocycles. The molecule has 1 aromatic rings. The van der Waals surface area contributed by atoms with Gasteiger partial charge in [-0.25, -0.2) is 0 Å². The number of benzene rings is 1. The average molecular weight is 265 g/mol. The fraction of sp³-hybridized carbons (Fsp3) is 0.385. The maximum atomic E-state index is 11.9. The van der Waals surface area contributed by atoms with E-state index in [1.165, 1.54) is 7.11 Å². The van der Waals surface area contributed by atoms with Crippen LogP contribution in [0.5, 0.6) is 0 Å². The SMILES string of the molecule is COC(=O)CN1C(=O)CCSC1c1ccccc1. The van der Waals surface area contributed by atoms with E-state index in [-0.39, 0.29) is 23.8 Å². The number of hydrogen-bond donors (Lipinski definition) is 0. The maximum Gasteiger partial charge on any atom is 0.325 e. The van der Waals surface area contributed by atoms with Crippen LogP contribution in [0.15, 0.2) is 30.3 Å². The number of ether oxygens (including phenoxy) is 1. The van der Waals surface area contributed by atoms with Crippen LogP contribution in [0.4, 0.5) is 0 Å². The van der Waals surface area contributed by atoms with E-state index in [1.54, 1.807) is 16.7 Å². The van der Waals surface area contributed by atoms with Gasteiger partial charge in [-0.3, -0.25) is 9.59 Å². The molecule has 0 aromatic heterocycles. The molecule has 96 valence electrons.